The van der Waals surface area contributed by atoms with Crippen LogP contribution in [0.5, 0.6) is 0 Å². The van der Waals surface area contributed by atoms with Gasteiger partial charge in [0, 0.05) is 19.2 Å². The van der Waals surface area contributed by atoms with Crippen molar-refractivity contribution >= 4 is 21.4 Å². The Hall–Kier alpha value is -1.75. The molecule has 9 nitrogen and oxygen atoms in total. The number of hydrogen-bond acceptors (Lipinski definition) is 7. The molecule has 0 aliphatic carbocycles. The second-order valence-corrected chi connectivity index (χ2v) is 6.14. The lowest BCUT2D eigenvalue weighted by atomic mass is 10.3. The molecule has 10 heteroatoms. The van der Waals surface area contributed by atoms with Crippen LogP contribution in [0.1, 0.15) is 6.92 Å². The molecule has 0 aromatic heterocycles. The van der Waals surface area contributed by atoms with Crippen LogP contribution in [-0.4, -0.2) is 44.9 Å². The molecule has 0 saturated carbocycles. The van der Waals surface area contributed by atoms with Gasteiger partial charge in [0.15, 0.2) is 0 Å². The molecule has 0 heterocycles. The van der Waals surface area contributed by atoms with Crippen molar-refractivity contribution in [3.05, 3.63) is 28.3 Å². The molecule has 0 amide bonds. The van der Waals surface area contributed by atoms with Gasteiger partial charge >= 0.3 is 0 Å². The minimum Gasteiger partial charge on any atom is -0.318 e. The van der Waals surface area contributed by atoms with Crippen molar-refractivity contribution in [2.75, 3.05) is 32.1 Å². The predicted octanol–water partition coefficient (Wildman–Crippen LogP) is 0.110. The number of nitrogens with zero attached hydrogens (tertiary/aromatic N) is 2. The third-order valence-corrected chi connectivity index (χ3v) is 4.42. The highest BCUT2D eigenvalue weighted by Crippen LogP contribution is 2.26. The number of anilines is 1. The first-order valence-corrected chi connectivity index (χ1v) is 7.73. The third kappa shape index (κ3) is 4.63. The summed E-state index contributed by atoms with van der Waals surface area (Å²) in [6.07, 6.45) is 0. The van der Waals surface area contributed by atoms with Crippen LogP contribution in [0.25, 0.3) is 0 Å². The van der Waals surface area contributed by atoms with Crippen molar-refractivity contribution in [3.8, 4) is 0 Å². The fourth-order valence-corrected chi connectivity index (χ4v) is 2.60. The first-order chi connectivity index (χ1) is 9.81. The topological polar surface area (TPSA) is 131 Å². The van der Waals surface area contributed by atoms with E-state index in [2.05, 4.69) is 10.1 Å². The normalized spacial score (nSPS) is 11.6. The summed E-state index contributed by atoms with van der Waals surface area (Å²) in [5.41, 5.74) is 1.81. The van der Waals surface area contributed by atoms with Gasteiger partial charge in [-0.3, -0.25) is 16.0 Å². The zero-order valence-electron chi connectivity index (χ0n) is 11.9. The maximum Gasteiger partial charge on any atom is 0.294 e. The van der Waals surface area contributed by atoms with Crippen LogP contribution in [0.3, 0.4) is 0 Å². The average Bonchev–Trinajstić information content (AvgIpc) is 2.45. The molecule has 0 fully saturated rings. The Morgan fingerprint density at radius 3 is 2.62 bits per heavy atom. The summed E-state index contributed by atoms with van der Waals surface area (Å²) in [5.74, 6) is 5.15. The van der Waals surface area contributed by atoms with Crippen molar-refractivity contribution in [1.82, 2.24) is 9.62 Å². The second-order valence-electron chi connectivity index (χ2n) is 4.37. The van der Waals surface area contributed by atoms with E-state index in [4.69, 9.17) is 5.84 Å². The van der Waals surface area contributed by atoms with Gasteiger partial charge in [-0.15, -0.1) is 0 Å². The Labute approximate surface area is 123 Å². The van der Waals surface area contributed by atoms with Gasteiger partial charge in [0.1, 0.15) is 5.69 Å². The van der Waals surface area contributed by atoms with Crippen molar-refractivity contribution in [2.24, 2.45) is 5.84 Å². The monoisotopic (exact) mass is 317 g/mol. The van der Waals surface area contributed by atoms with Crippen LogP contribution in [-0.2, 0) is 10.0 Å². The first kappa shape index (κ1) is 17.3. The average molecular weight is 317 g/mol. The lowest BCUT2D eigenvalue weighted by Gasteiger charge is -2.14. The van der Waals surface area contributed by atoms with E-state index in [-0.39, 0.29) is 17.1 Å². The largest absolute Gasteiger partial charge is 0.318 e. The number of nitro benzene ring substituents is 1. The van der Waals surface area contributed by atoms with Crippen LogP contribution >= 0.6 is 0 Å². The molecule has 0 atom stereocenters. The molecule has 1 rings (SSSR count). The first-order valence-electron chi connectivity index (χ1n) is 6.25. The molecule has 1 aromatic rings. The molecular formula is C11H19N5O4S. The van der Waals surface area contributed by atoms with E-state index in [0.717, 1.165) is 12.6 Å². The highest BCUT2D eigenvalue weighted by atomic mass is 32.2. The number of nitrogens with one attached hydrogen (secondary N) is 2. The van der Waals surface area contributed by atoms with Crippen LogP contribution in [0, 0.1) is 10.1 Å². The molecule has 0 radical (unpaired) electrons. The Balaban J connectivity index is 2.93. The summed E-state index contributed by atoms with van der Waals surface area (Å²) in [5, 5.41) is 10.9. The van der Waals surface area contributed by atoms with Crippen molar-refractivity contribution in [1.29, 1.82) is 0 Å². The number of nitrogens with two attached hydrogens (primary N) is 1. The number of nitrogen functional groups attached to an aromatic ring is 1. The van der Waals surface area contributed by atoms with Crippen LogP contribution in [0.2, 0.25) is 0 Å². The summed E-state index contributed by atoms with van der Waals surface area (Å²) in [6.45, 7) is 3.51. The number of hydrogen-bond donors (Lipinski definition) is 3. The van der Waals surface area contributed by atoms with E-state index < -0.39 is 20.6 Å². The summed E-state index contributed by atoms with van der Waals surface area (Å²) < 4.78 is 26.5. The maximum atomic E-state index is 12.1. The molecule has 4 N–H and O–H groups in total. The van der Waals surface area contributed by atoms with Gasteiger partial charge in [0.2, 0.25) is 10.0 Å². The molecule has 0 bridgehead atoms. The minimum atomic E-state index is -3.79. The van der Waals surface area contributed by atoms with E-state index in [1.54, 1.807) is 0 Å². The van der Waals surface area contributed by atoms with Crippen molar-refractivity contribution in [3.63, 3.8) is 0 Å². The number of benzene rings is 1. The van der Waals surface area contributed by atoms with Gasteiger partial charge in [-0.2, -0.15) is 0 Å². The summed E-state index contributed by atoms with van der Waals surface area (Å²) in [4.78, 5) is 12.0. The maximum absolute atomic E-state index is 12.1. The Kier molecular flexibility index (Phi) is 6.03. The van der Waals surface area contributed by atoms with Crippen molar-refractivity contribution in [2.45, 2.75) is 11.8 Å². The van der Waals surface area contributed by atoms with Crippen LogP contribution < -0.4 is 16.0 Å². The smallest absolute Gasteiger partial charge is 0.294 e. The van der Waals surface area contributed by atoms with Gasteiger partial charge in [-0.1, -0.05) is 6.92 Å². The Morgan fingerprint density at radius 1 is 1.43 bits per heavy atom. The number of sulfonamides is 1. The molecule has 21 heavy (non-hydrogen) atoms. The van der Waals surface area contributed by atoms with E-state index in [9.17, 15) is 18.5 Å². The zero-order chi connectivity index (χ0) is 16.0. The van der Waals surface area contributed by atoms with Gasteiger partial charge in [0.05, 0.1) is 9.82 Å². The molecule has 0 saturated heterocycles. The van der Waals surface area contributed by atoms with E-state index in [0.29, 0.717) is 6.54 Å². The molecule has 0 aliphatic rings. The molecule has 0 spiro atoms. The molecule has 0 unspecified atom stereocenters. The third-order valence-electron chi connectivity index (χ3n) is 2.96. The number of rotatable bonds is 8. The summed E-state index contributed by atoms with van der Waals surface area (Å²) >= 11 is 0. The quantitative estimate of drug-likeness (QED) is 0.352. The van der Waals surface area contributed by atoms with Gasteiger partial charge in [-0.05, 0) is 25.7 Å². The molecule has 1 aromatic carbocycles. The number of hydrazine groups is 1. The Bertz CT molecular complexity index is 605. The number of likely N-dealkylation sites (N-methyl/N-ethyl adjacent to an activating group) is 1. The summed E-state index contributed by atoms with van der Waals surface area (Å²) in [6, 6.07) is 3.49. The molecule has 0 aliphatic heterocycles. The predicted molar refractivity (Wildman–Crippen MR) is 79.3 cm³/mol. The molecular weight excluding hydrogens is 298 g/mol. The van der Waals surface area contributed by atoms with E-state index in [1.807, 2.05) is 18.9 Å². The fourth-order valence-electron chi connectivity index (χ4n) is 1.56. The van der Waals surface area contributed by atoms with Gasteiger partial charge in [0.25, 0.3) is 5.69 Å². The van der Waals surface area contributed by atoms with Crippen LogP contribution in [0.15, 0.2) is 23.1 Å². The van der Waals surface area contributed by atoms with Gasteiger partial charge in [-0.25, -0.2) is 13.1 Å². The highest BCUT2D eigenvalue weighted by Gasteiger charge is 2.20. The summed E-state index contributed by atoms with van der Waals surface area (Å²) in [7, 11) is -1.93. The lowest BCUT2D eigenvalue weighted by molar-refractivity contribution is -0.384. The second kappa shape index (κ2) is 7.31. The van der Waals surface area contributed by atoms with Gasteiger partial charge < -0.3 is 10.3 Å². The Morgan fingerprint density at radius 2 is 2.10 bits per heavy atom. The fraction of sp³-hybridized carbons (Fsp3) is 0.455. The minimum absolute atomic E-state index is 0.0460. The van der Waals surface area contributed by atoms with Crippen LogP contribution in [0.4, 0.5) is 11.4 Å². The van der Waals surface area contributed by atoms with E-state index >= 15 is 0 Å². The zero-order valence-corrected chi connectivity index (χ0v) is 12.7. The van der Waals surface area contributed by atoms with Crippen molar-refractivity contribution < 1.29 is 13.3 Å². The number of nitro groups is 1. The SMILES string of the molecule is CCN(C)CCNS(=O)(=O)c1ccc(NN)c([N+](=O)[O-])c1. The standard InChI is InChI=1S/C11H19N5O4S/c1-3-15(2)7-6-13-21(19,20)9-4-5-10(14-12)11(8-9)16(17)18/h4-5,8,13-14H,3,6-7,12H2,1-2H3. The highest BCUT2D eigenvalue weighted by molar-refractivity contribution is 7.89. The molecule has 118 valence electrons. The lowest BCUT2D eigenvalue weighted by Crippen LogP contribution is -2.33. The van der Waals surface area contributed by atoms with E-state index in [1.165, 1.54) is 12.1 Å².